The molecular weight excluding hydrogens is 368 g/mol. The number of ether oxygens (including phenoxy) is 1. The second-order valence-electron chi connectivity index (χ2n) is 6.79. The van der Waals surface area contributed by atoms with E-state index in [0.29, 0.717) is 28.3 Å². The molecule has 29 heavy (non-hydrogen) atoms. The third kappa shape index (κ3) is 3.78. The van der Waals surface area contributed by atoms with E-state index >= 15 is 0 Å². The van der Waals surface area contributed by atoms with Crippen molar-refractivity contribution in [3.8, 4) is 11.5 Å². The van der Waals surface area contributed by atoms with Gasteiger partial charge in [0.2, 0.25) is 5.91 Å². The summed E-state index contributed by atoms with van der Waals surface area (Å²) in [5.74, 6) is 0.275. The first kappa shape index (κ1) is 18.6. The minimum absolute atomic E-state index is 0.348. The smallest absolute Gasteiger partial charge is 0.420 e. The van der Waals surface area contributed by atoms with Crippen molar-refractivity contribution in [2.75, 3.05) is 5.32 Å². The van der Waals surface area contributed by atoms with Gasteiger partial charge in [0.25, 0.3) is 0 Å². The highest BCUT2D eigenvalue weighted by Crippen LogP contribution is 2.30. The van der Waals surface area contributed by atoms with Gasteiger partial charge >= 0.3 is 5.76 Å². The van der Waals surface area contributed by atoms with E-state index in [1.165, 1.54) is 4.57 Å². The Hall–Kier alpha value is -3.80. The maximum Gasteiger partial charge on any atom is 0.420 e. The zero-order valence-electron chi connectivity index (χ0n) is 16.1. The van der Waals surface area contributed by atoms with Gasteiger partial charge in [-0.05, 0) is 55.8 Å². The highest BCUT2D eigenvalue weighted by molar-refractivity contribution is 5.95. The first-order valence-electron chi connectivity index (χ1n) is 9.27. The number of aromatic nitrogens is 1. The van der Waals surface area contributed by atoms with E-state index < -0.39 is 11.8 Å². The van der Waals surface area contributed by atoms with Crippen molar-refractivity contribution < 1.29 is 13.9 Å². The fraction of sp³-hybridized carbons (Fsp3) is 0.130. The molecule has 1 amide bonds. The normalized spacial score (nSPS) is 11.9. The average Bonchev–Trinajstić information content (AvgIpc) is 3.04. The van der Waals surface area contributed by atoms with Gasteiger partial charge in [-0.1, -0.05) is 36.4 Å². The minimum atomic E-state index is -0.766. The molecule has 146 valence electrons. The van der Waals surface area contributed by atoms with E-state index in [9.17, 15) is 9.59 Å². The van der Waals surface area contributed by atoms with Crippen molar-refractivity contribution in [1.29, 1.82) is 0 Å². The lowest BCUT2D eigenvalue weighted by Crippen LogP contribution is -2.29. The van der Waals surface area contributed by atoms with Crippen LogP contribution in [0.15, 0.2) is 82.0 Å². The Morgan fingerprint density at radius 3 is 2.62 bits per heavy atom. The van der Waals surface area contributed by atoms with E-state index in [-0.39, 0.29) is 5.91 Å². The molecule has 0 aliphatic carbocycles. The molecule has 1 atom stereocenters. The summed E-state index contributed by atoms with van der Waals surface area (Å²) < 4.78 is 12.5. The second kappa shape index (κ2) is 7.67. The number of nitrogens with zero attached hydrogens (tertiary/aromatic N) is 1. The van der Waals surface area contributed by atoms with E-state index in [1.54, 1.807) is 43.3 Å². The summed E-state index contributed by atoms with van der Waals surface area (Å²) in [6, 6.07) is 21.1. The minimum Gasteiger partial charge on any atom is -0.455 e. The topological polar surface area (TPSA) is 73.5 Å². The van der Waals surface area contributed by atoms with Crippen molar-refractivity contribution in [2.24, 2.45) is 0 Å². The lowest BCUT2D eigenvalue weighted by molar-refractivity contribution is -0.118. The molecular formula is C23H20N2O4. The number of carbonyl (C=O) groups is 1. The maximum atomic E-state index is 12.9. The van der Waals surface area contributed by atoms with Crippen LogP contribution in [0.5, 0.6) is 11.5 Å². The van der Waals surface area contributed by atoms with Crippen molar-refractivity contribution in [2.45, 2.75) is 19.9 Å². The van der Waals surface area contributed by atoms with Gasteiger partial charge in [-0.15, -0.1) is 0 Å². The summed E-state index contributed by atoms with van der Waals surface area (Å²) in [7, 11) is 0. The zero-order chi connectivity index (χ0) is 20.4. The number of rotatable bonds is 5. The summed E-state index contributed by atoms with van der Waals surface area (Å²) in [5, 5.41) is 2.86. The number of oxazole rings is 1. The SMILES string of the molecule is Cc1cccc(Oc2ccccc2NC(=O)C(C)n2c(=O)oc3ccccc32)c1. The van der Waals surface area contributed by atoms with Gasteiger partial charge in [0, 0.05) is 0 Å². The van der Waals surface area contributed by atoms with Gasteiger partial charge in [0.1, 0.15) is 11.8 Å². The third-order valence-corrected chi connectivity index (χ3v) is 4.65. The predicted molar refractivity (Wildman–Crippen MR) is 112 cm³/mol. The number of benzene rings is 3. The number of anilines is 1. The molecule has 0 saturated carbocycles. The van der Waals surface area contributed by atoms with Crippen LogP contribution >= 0.6 is 0 Å². The summed E-state index contributed by atoms with van der Waals surface area (Å²) in [6.07, 6.45) is 0. The average molecular weight is 388 g/mol. The lowest BCUT2D eigenvalue weighted by Gasteiger charge is -2.16. The molecule has 6 nitrogen and oxygen atoms in total. The molecule has 0 saturated heterocycles. The molecule has 1 heterocycles. The van der Waals surface area contributed by atoms with Gasteiger partial charge in [-0.25, -0.2) is 4.79 Å². The summed E-state index contributed by atoms with van der Waals surface area (Å²) in [5.41, 5.74) is 2.61. The van der Waals surface area contributed by atoms with Crippen molar-refractivity contribution in [3.05, 3.63) is 88.9 Å². The number of aryl methyl sites for hydroxylation is 1. The molecule has 1 unspecified atom stereocenters. The molecule has 1 N–H and O–H groups in total. The number of para-hydroxylation sites is 4. The Balaban J connectivity index is 1.60. The molecule has 0 aliphatic rings. The van der Waals surface area contributed by atoms with Crippen molar-refractivity contribution >= 4 is 22.7 Å². The van der Waals surface area contributed by atoms with Crippen LogP contribution in [0.25, 0.3) is 11.1 Å². The van der Waals surface area contributed by atoms with E-state index in [4.69, 9.17) is 9.15 Å². The molecule has 0 bridgehead atoms. The number of hydrogen-bond donors (Lipinski definition) is 1. The van der Waals surface area contributed by atoms with Crippen LogP contribution in [0, 0.1) is 6.92 Å². The molecule has 4 aromatic rings. The lowest BCUT2D eigenvalue weighted by atomic mass is 10.2. The summed E-state index contributed by atoms with van der Waals surface area (Å²) in [4.78, 5) is 25.2. The number of amides is 1. The molecule has 6 heteroatoms. The van der Waals surface area contributed by atoms with Crippen LogP contribution in [0.4, 0.5) is 5.69 Å². The van der Waals surface area contributed by atoms with Gasteiger partial charge < -0.3 is 14.5 Å². The number of hydrogen-bond acceptors (Lipinski definition) is 4. The highest BCUT2D eigenvalue weighted by atomic mass is 16.5. The van der Waals surface area contributed by atoms with Crippen LogP contribution in [0.2, 0.25) is 0 Å². The molecule has 1 aromatic heterocycles. The third-order valence-electron chi connectivity index (χ3n) is 4.65. The molecule has 0 aliphatic heterocycles. The number of carbonyl (C=O) groups excluding carboxylic acids is 1. The fourth-order valence-electron chi connectivity index (χ4n) is 3.17. The highest BCUT2D eigenvalue weighted by Gasteiger charge is 2.22. The Labute approximate surface area is 167 Å². The Morgan fingerprint density at radius 1 is 1.03 bits per heavy atom. The van der Waals surface area contributed by atoms with Crippen molar-refractivity contribution in [3.63, 3.8) is 0 Å². The molecule has 0 fully saturated rings. The zero-order valence-corrected chi connectivity index (χ0v) is 16.1. The largest absolute Gasteiger partial charge is 0.455 e. The van der Waals surface area contributed by atoms with Crippen LogP contribution in [-0.2, 0) is 4.79 Å². The predicted octanol–water partition coefficient (Wildman–Crippen LogP) is 4.89. The first-order valence-corrected chi connectivity index (χ1v) is 9.27. The van der Waals surface area contributed by atoms with Gasteiger partial charge in [0.15, 0.2) is 11.3 Å². The van der Waals surface area contributed by atoms with Crippen LogP contribution in [0.3, 0.4) is 0 Å². The monoisotopic (exact) mass is 388 g/mol. The molecule has 3 aromatic carbocycles. The molecule has 0 spiro atoms. The van der Waals surface area contributed by atoms with Crippen LogP contribution < -0.4 is 15.8 Å². The first-order chi connectivity index (χ1) is 14.0. The standard InChI is InChI=1S/C23H20N2O4/c1-15-8-7-9-17(14-15)28-20-12-5-3-10-18(20)24-22(26)16(2)25-19-11-4-6-13-21(19)29-23(25)27/h3-14,16H,1-2H3,(H,24,26). The number of nitrogens with one attached hydrogen (secondary N) is 1. The van der Waals surface area contributed by atoms with Crippen LogP contribution in [-0.4, -0.2) is 10.5 Å². The molecule has 4 rings (SSSR count). The van der Waals surface area contributed by atoms with E-state index in [2.05, 4.69) is 5.32 Å². The van der Waals surface area contributed by atoms with Gasteiger partial charge in [-0.2, -0.15) is 0 Å². The number of fused-ring (bicyclic) bond motifs is 1. The maximum absolute atomic E-state index is 12.9. The van der Waals surface area contributed by atoms with E-state index in [0.717, 1.165) is 5.56 Å². The summed E-state index contributed by atoms with van der Waals surface area (Å²) in [6.45, 7) is 3.64. The Kier molecular flexibility index (Phi) is 4.91. The molecule has 0 radical (unpaired) electrons. The fourth-order valence-corrected chi connectivity index (χ4v) is 3.17. The Morgan fingerprint density at radius 2 is 1.79 bits per heavy atom. The Bertz CT molecular complexity index is 1240. The second-order valence-corrected chi connectivity index (χ2v) is 6.79. The van der Waals surface area contributed by atoms with Gasteiger partial charge in [0.05, 0.1) is 11.2 Å². The summed E-state index contributed by atoms with van der Waals surface area (Å²) >= 11 is 0. The van der Waals surface area contributed by atoms with Crippen molar-refractivity contribution in [1.82, 2.24) is 4.57 Å². The van der Waals surface area contributed by atoms with Crippen LogP contribution in [0.1, 0.15) is 18.5 Å². The van der Waals surface area contributed by atoms with Gasteiger partial charge in [-0.3, -0.25) is 9.36 Å². The van der Waals surface area contributed by atoms with E-state index in [1.807, 2.05) is 43.3 Å². The quantitative estimate of drug-likeness (QED) is 0.528.